The average Bonchev–Trinajstić information content (AvgIpc) is 2.95. The molecule has 31 heavy (non-hydrogen) atoms. The predicted octanol–water partition coefficient (Wildman–Crippen LogP) is 7.65. The number of hydrogen-bond donors (Lipinski definition) is 1. The highest BCUT2D eigenvalue weighted by atomic mass is 35.5. The third-order valence-corrected chi connectivity index (χ3v) is 5.50. The summed E-state index contributed by atoms with van der Waals surface area (Å²) in [7, 11) is 0. The molecule has 0 bridgehead atoms. The molecule has 1 aliphatic rings. The number of carbonyl (C=O) groups is 1. The van der Waals surface area contributed by atoms with Crippen molar-refractivity contribution in [2.75, 3.05) is 6.54 Å². The number of thioether (sulfide) groups is 1. The van der Waals surface area contributed by atoms with Gasteiger partial charge in [0.05, 0.1) is 5.71 Å². The molecular formula is C26H33ClN2OS. The van der Waals surface area contributed by atoms with Crippen LogP contribution in [0.15, 0.2) is 82.2 Å². The Kier molecular flexibility index (Phi) is 13.4. The number of aliphatic imine (C=N–C) groups is 1. The predicted molar refractivity (Wildman–Crippen MR) is 137 cm³/mol. The summed E-state index contributed by atoms with van der Waals surface area (Å²) in [4.78, 5) is 16.7. The SMILES string of the molecule is C=CCC(=O)NCCCC.CC.CC1=CSc2ccccc2C(c2ccccc2Cl)=N1. The fourth-order valence-electron chi connectivity index (χ4n) is 2.64. The number of unbranched alkanes of at least 4 members (excludes halogenated alkanes) is 1. The number of halogens is 1. The maximum absolute atomic E-state index is 10.7. The van der Waals surface area contributed by atoms with E-state index in [0.29, 0.717) is 6.42 Å². The minimum absolute atomic E-state index is 0.0726. The summed E-state index contributed by atoms with van der Waals surface area (Å²) in [5, 5.41) is 5.58. The number of benzene rings is 2. The number of rotatable bonds is 6. The maximum Gasteiger partial charge on any atom is 0.223 e. The molecule has 0 aromatic heterocycles. The van der Waals surface area contributed by atoms with Crippen LogP contribution in [0.4, 0.5) is 0 Å². The van der Waals surface area contributed by atoms with Gasteiger partial charge in [0.1, 0.15) is 0 Å². The van der Waals surface area contributed by atoms with E-state index in [1.807, 2.05) is 57.2 Å². The van der Waals surface area contributed by atoms with Crippen LogP contribution in [0.1, 0.15) is 58.1 Å². The number of carbonyl (C=O) groups excluding carboxylic acids is 1. The Morgan fingerprint density at radius 1 is 1.13 bits per heavy atom. The third kappa shape index (κ3) is 9.16. The van der Waals surface area contributed by atoms with Crippen LogP contribution in [0, 0.1) is 0 Å². The second-order valence-electron chi connectivity index (χ2n) is 6.51. The van der Waals surface area contributed by atoms with Crippen molar-refractivity contribution >= 4 is 35.0 Å². The minimum Gasteiger partial charge on any atom is -0.356 e. The van der Waals surface area contributed by atoms with Gasteiger partial charge in [-0.1, -0.05) is 93.0 Å². The van der Waals surface area contributed by atoms with Crippen LogP contribution >= 0.6 is 23.4 Å². The van der Waals surface area contributed by atoms with Gasteiger partial charge in [-0.25, -0.2) is 0 Å². The lowest BCUT2D eigenvalue weighted by molar-refractivity contribution is -0.120. The Balaban J connectivity index is 0.000000343. The Labute approximate surface area is 196 Å². The van der Waals surface area contributed by atoms with Gasteiger partial charge in [-0.05, 0) is 30.9 Å². The molecule has 5 heteroatoms. The number of fused-ring (bicyclic) bond motifs is 1. The van der Waals surface area contributed by atoms with Gasteiger partial charge in [0, 0.05) is 39.7 Å². The zero-order valence-electron chi connectivity index (χ0n) is 19.0. The van der Waals surface area contributed by atoms with E-state index in [4.69, 9.17) is 16.6 Å². The van der Waals surface area contributed by atoms with Gasteiger partial charge in [-0.3, -0.25) is 9.79 Å². The summed E-state index contributed by atoms with van der Waals surface area (Å²) >= 11 is 8.02. The van der Waals surface area contributed by atoms with Crippen LogP contribution in [-0.4, -0.2) is 18.2 Å². The van der Waals surface area contributed by atoms with Crippen molar-refractivity contribution < 1.29 is 4.79 Å². The average molecular weight is 457 g/mol. The molecule has 0 radical (unpaired) electrons. The van der Waals surface area contributed by atoms with Crippen molar-refractivity contribution in [3.8, 4) is 0 Å². The van der Waals surface area contributed by atoms with Gasteiger partial charge < -0.3 is 5.32 Å². The van der Waals surface area contributed by atoms with Crippen LogP contribution in [0.5, 0.6) is 0 Å². The van der Waals surface area contributed by atoms with E-state index >= 15 is 0 Å². The lowest BCUT2D eigenvalue weighted by atomic mass is 10.0. The molecule has 1 N–H and O–H groups in total. The molecule has 0 aliphatic carbocycles. The third-order valence-electron chi connectivity index (χ3n) is 4.10. The van der Waals surface area contributed by atoms with Crippen molar-refractivity contribution in [2.24, 2.45) is 4.99 Å². The zero-order valence-corrected chi connectivity index (χ0v) is 20.5. The van der Waals surface area contributed by atoms with Gasteiger partial charge in [-0.2, -0.15) is 0 Å². The Hall–Kier alpha value is -2.30. The van der Waals surface area contributed by atoms with Crippen LogP contribution in [0.25, 0.3) is 0 Å². The van der Waals surface area contributed by atoms with E-state index in [1.54, 1.807) is 17.8 Å². The van der Waals surface area contributed by atoms with E-state index in [0.717, 1.165) is 46.9 Å². The molecule has 0 fully saturated rings. The summed E-state index contributed by atoms with van der Waals surface area (Å²) < 4.78 is 0. The molecule has 1 amide bonds. The second kappa shape index (κ2) is 15.5. The summed E-state index contributed by atoms with van der Waals surface area (Å²) in [6.45, 7) is 12.4. The monoisotopic (exact) mass is 456 g/mol. The highest BCUT2D eigenvalue weighted by Gasteiger charge is 2.16. The quantitative estimate of drug-likeness (QED) is 0.358. The normalized spacial score (nSPS) is 11.8. The fraction of sp³-hybridized carbons (Fsp3) is 0.308. The summed E-state index contributed by atoms with van der Waals surface area (Å²) in [6, 6.07) is 16.1. The first-order valence-corrected chi connectivity index (χ1v) is 12.0. The Morgan fingerprint density at radius 3 is 2.42 bits per heavy atom. The van der Waals surface area contributed by atoms with Crippen molar-refractivity contribution in [3.63, 3.8) is 0 Å². The number of allylic oxidation sites excluding steroid dienone is 1. The van der Waals surface area contributed by atoms with Gasteiger partial charge in [0.2, 0.25) is 5.91 Å². The number of amides is 1. The van der Waals surface area contributed by atoms with E-state index in [1.165, 1.54) is 4.90 Å². The fourth-order valence-corrected chi connectivity index (χ4v) is 3.67. The van der Waals surface area contributed by atoms with Gasteiger partial charge in [0.25, 0.3) is 0 Å². The molecule has 1 heterocycles. The number of nitrogens with zero attached hydrogens (tertiary/aromatic N) is 1. The first-order valence-electron chi connectivity index (χ1n) is 10.7. The Bertz CT molecular complexity index is 906. The van der Waals surface area contributed by atoms with E-state index in [-0.39, 0.29) is 5.91 Å². The maximum atomic E-state index is 10.7. The zero-order chi connectivity index (χ0) is 23.1. The van der Waals surface area contributed by atoms with Crippen LogP contribution in [-0.2, 0) is 4.79 Å². The molecule has 1 aliphatic heterocycles. The van der Waals surface area contributed by atoms with Crippen molar-refractivity contribution in [2.45, 2.75) is 51.9 Å². The molecule has 0 saturated heterocycles. The van der Waals surface area contributed by atoms with Crippen LogP contribution in [0.3, 0.4) is 0 Å². The minimum atomic E-state index is 0.0726. The molecule has 3 rings (SSSR count). The number of hydrogen-bond acceptors (Lipinski definition) is 3. The van der Waals surface area contributed by atoms with Crippen molar-refractivity contribution in [1.82, 2.24) is 5.32 Å². The van der Waals surface area contributed by atoms with Crippen LogP contribution in [0.2, 0.25) is 5.02 Å². The lowest BCUT2D eigenvalue weighted by Gasteiger charge is -2.10. The molecule has 0 spiro atoms. The van der Waals surface area contributed by atoms with E-state index < -0.39 is 0 Å². The van der Waals surface area contributed by atoms with Crippen molar-refractivity contribution in [3.05, 3.63) is 88.4 Å². The van der Waals surface area contributed by atoms with E-state index in [2.05, 4.69) is 36.4 Å². The highest BCUT2D eigenvalue weighted by molar-refractivity contribution is 8.02. The van der Waals surface area contributed by atoms with Gasteiger partial charge >= 0.3 is 0 Å². The van der Waals surface area contributed by atoms with Gasteiger partial charge in [0.15, 0.2) is 0 Å². The Morgan fingerprint density at radius 2 is 1.77 bits per heavy atom. The highest BCUT2D eigenvalue weighted by Crippen LogP contribution is 2.32. The first kappa shape index (κ1) is 26.7. The number of nitrogens with one attached hydrogen (secondary N) is 1. The largest absolute Gasteiger partial charge is 0.356 e. The summed E-state index contributed by atoms with van der Waals surface area (Å²) in [6.07, 6.45) is 4.22. The molecular weight excluding hydrogens is 424 g/mol. The lowest BCUT2D eigenvalue weighted by Crippen LogP contribution is -2.23. The molecule has 0 atom stereocenters. The molecule has 3 nitrogen and oxygen atoms in total. The molecule has 0 unspecified atom stereocenters. The standard InChI is InChI=1S/C16H12ClNS.C8H15NO.C2H6/c1-11-10-19-15-9-5-3-7-13(15)16(18-11)12-6-2-4-8-14(12)17;1-3-5-7-9-8(10)6-4-2;1-2/h2-10H,1H3;4H,2-3,5-7H2,1H3,(H,9,10);1-2H3. The van der Waals surface area contributed by atoms with Crippen LogP contribution < -0.4 is 5.32 Å². The first-order chi connectivity index (χ1) is 15.1. The summed E-state index contributed by atoms with van der Waals surface area (Å²) in [5.74, 6) is 0.0726. The smallest absolute Gasteiger partial charge is 0.223 e. The van der Waals surface area contributed by atoms with Crippen molar-refractivity contribution in [1.29, 1.82) is 0 Å². The molecule has 0 saturated carbocycles. The molecule has 166 valence electrons. The van der Waals surface area contributed by atoms with E-state index in [9.17, 15) is 4.79 Å². The molecule has 2 aromatic carbocycles. The second-order valence-corrected chi connectivity index (χ2v) is 7.83. The molecule has 2 aromatic rings. The topological polar surface area (TPSA) is 41.5 Å². The summed E-state index contributed by atoms with van der Waals surface area (Å²) in [5.41, 5.74) is 4.05. The van der Waals surface area contributed by atoms with Gasteiger partial charge in [-0.15, -0.1) is 6.58 Å².